The van der Waals surface area contributed by atoms with E-state index in [1.165, 1.54) is 7.11 Å². The summed E-state index contributed by atoms with van der Waals surface area (Å²) in [5.74, 6) is -1.25. The number of rotatable bonds is 13. The molecule has 2 N–H and O–H groups in total. The Kier molecular flexibility index (Phi) is 10.7. The maximum atomic E-state index is 12.5. The van der Waals surface area contributed by atoms with E-state index in [9.17, 15) is 23.4 Å². The number of hydrogen-bond acceptors (Lipinski definition) is 6. The van der Waals surface area contributed by atoms with Crippen molar-refractivity contribution in [1.29, 1.82) is 0 Å². The Balaban J connectivity index is 2.66. The highest BCUT2D eigenvalue weighted by atomic mass is 32.2. The predicted octanol–water partition coefficient (Wildman–Crippen LogP) is 4.32. The minimum atomic E-state index is -3.43. The number of allylic oxidation sites excluding steroid dienone is 1. The van der Waals surface area contributed by atoms with Gasteiger partial charge in [0.05, 0.1) is 35.9 Å². The summed E-state index contributed by atoms with van der Waals surface area (Å²) >= 11 is 0. The molecule has 0 saturated carbocycles. The van der Waals surface area contributed by atoms with Gasteiger partial charge < -0.3 is 14.9 Å². The van der Waals surface area contributed by atoms with Crippen molar-refractivity contribution in [3.8, 4) is 0 Å². The van der Waals surface area contributed by atoms with Crippen molar-refractivity contribution in [3.05, 3.63) is 11.8 Å². The van der Waals surface area contributed by atoms with Crippen molar-refractivity contribution in [2.75, 3.05) is 12.9 Å². The van der Waals surface area contributed by atoms with Gasteiger partial charge in [-0.2, -0.15) is 0 Å². The topological polar surface area (TPSA) is 101 Å². The molecule has 0 aromatic carbocycles. The molecule has 1 heterocycles. The molecule has 0 bridgehead atoms. The van der Waals surface area contributed by atoms with Crippen LogP contribution in [0.15, 0.2) is 11.8 Å². The predicted molar refractivity (Wildman–Crippen MR) is 115 cm³/mol. The van der Waals surface area contributed by atoms with Gasteiger partial charge in [0.2, 0.25) is 0 Å². The molecular formula is C22H40O6S. The van der Waals surface area contributed by atoms with Gasteiger partial charge in [-0.3, -0.25) is 4.79 Å². The third-order valence-electron chi connectivity index (χ3n) is 5.94. The fraction of sp³-hybridized carbons (Fsp3) is 0.864. The lowest BCUT2D eigenvalue weighted by molar-refractivity contribution is -0.140. The Labute approximate surface area is 176 Å². The summed E-state index contributed by atoms with van der Waals surface area (Å²) in [6.07, 6.45) is 8.39. The van der Waals surface area contributed by atoms with Crippen LogP contribution >= 0.6 is 0 Å². The molecule has 29 heavy (non-hydrogen) atoms. The number of sulfone groups is 1. The Bertz CT molecular complexity index is 638. The van der Waals surface area contributed by atoms with Crippen LogP contribution in [-0.4, -0.2) is 48.8 Å². The molecule has 1 aliphatic rings. The van der Waals surface area contributed by atoms with Crippen LogP contribution in [0, 0.1) is 11.3 Å². The van der Waals surface area contributed by atoms with E-state index in [1.54, 1.807) is 6.08 Å². The highest BCUT2D eigenvalue weighted by molar-refractivity contribution is 7.92. The number of methoxy groups -OCH3 is 1. The molecule has 170 valence electrons. The molecule has 0 aromatic heterocycles. The number of unbranched alkanes of at least 4 members (excludes halogenated alkanes) is 4. The van der Waals surface area contributed by atoms with E-state index in [0.29, 0.717) is 32.1 Å². The SMILES string of the molecule is CCCCC(C)(C)C/C=C(/O)[C@H]1[C@H](O)CS(=O)(=O)[C@H]1CCCCCCC(=O)OC. The van der Waals surface area contributed by atoms with Crippen LogP contribution in [-0.2, 0) is 19.4 Å². The van der Waals surface area contributed by atoms with Gasteiger partial charge in [0, 0.05) is 6.42 Å². The lowest BCUT2D eigenvalue weighted by atomic mass is 9.82. The van der Waals surface area contributed by atoms with E-state index < -0.39 is 27.1 Å². The van der Waals surface area contributed by atoms with Crippen molar-refractivity contribution >= 4 is 15.8 Å². The van der Waals surface area contributed by atoms with Crippen LogP contribution in [0.4, 0.5) is 0 Å². The Hall–Kier alpha value is -1.08. The average molecular weight is 433 g/mol. The van der Waals surface area contributed by atoms with Crippen LogP contribution < -0.4 is 0 Å². The molecule has 0 spiro atoms. The number of aliphatic hydroxyl groups excluding tert-OH is 2. The molecule has 1 saturated heterocycles. The normalized spacial score (nSPS) is 24.6. The zero-order valence-electron chi connectivity index (χ0n) is 18.5. The van der Waals surface area contributed by atoms with Gasteiger partial charge in [-0.25, -0.2) is 8.42 Å². The van der Waals surface area contributed by atoms with E-state index in [1.807, 2.05) is 0 Å². The lowest BCUT2D eigenvalue weighted by Crippen LogP contribution is -2.28. The first-order valence-electron chi connectivity index (χ1n) is 10.9. The van der Waals surface area contributed by atoms with Gasteiger partial charge in [-0.05, 0) is 37.2 Å². The van der Waals surface area contributed by atoms with Crippen molar-refractivity contribution in [2.45, 2.75) is 96.3 Å². The van der Waals surface area contributed by atoms with E-state index in [2.05, 4.69) is 25.5 Å². The average Bonchev–Trinajstić information content (AvgIpc) is 2.88. The second-order valence-electron chi connectivity index (χ2n) is 9.09. The summed E-state index contributed by atoms with van der Waals surface area (Å²) in [6, 6.07) is 0. The number of carbonyl (C=O) groups excluding carboxylic acids is 1. The second-order valence-corrected chi connectivity index (χ2v) is 11.4. The van der Waals surface area contributed by atoms with Crippen molar-refractivity contribution in [3.63, 3.8) is 0 Å². The van der Waals surface area contributed by atoms with Crippen LogP contribution in [0.1, 0.15) is 85.0 Å². The minimum Gasteiger partial charge on any atom is -0.512 e. The molecule has 1 rings (SSSR count). The molecule has 6 nitrogen and oxygen atoms in total. The third-order valence-corrected chi connectivity index (χ3v) is 8.20. The molecule has 1 fully saturated rings. The number of ether oxygens (including phenoxy) is 1. The fourth-order valence-electron chi connectivity index (χ4n) is 4.03. The van der Waals surface area contributed by atoms with Crippen molar-refractivity contribution in [1.82, 2.24) is 0 Å². The zero-order chi connectivity index (χ0) is 22.1. The minimum absolute atomic E-state index is 0.0128. The molecule has 0 radical (unpaired) electrons. The monoisotopic (exact) mass is 432 g/mol. The highest BCUT2D eigenvalue weighted by Gasteiger charge is 2.48. The highest BCUT2D eigenvalue weighted by Crippen LogP contribution is 2.37. The quantitative estimate of drug-likeness (QED) is 0.255. The molecule has 7 heteroatoms. The number of hydrogen-bond donors (Lipinski definition) is 2. The summed E-state index contributed by atoms with van der Waals surface area (Å²) in [7, 11) is -2.07. The first-order valence-corrected chi connectivity index (χ1v) is 12.6. The van der Waals surface area contributed by atoms with E-state index in [-0.39, 0.29) is 22.9 Å². The molecule has 1 aliphatic heterocycles. The molecule has 0 aromatic rings. The number of aliphatic hydroxyl groups is 2. The smallest absolute Gasteiger partial charge is 0.305 e. The van der Waals surface area contributed by atoms with E-state index in [0.717, 1.165) is 32.1 Å². The molecular weight excluding hydrogens is 392 g/mol. The Morgan fingerprint density at radius 1 is 1.17 bits per heavy atom. The van der Waals surface area contributed by atoms with Crippen LogP contribution in [0.2, 0.25) is 0 Å². The summed E-state index contributed by atoms with van der Waals surface area (Å²) in [5, 5.41) is 20.2. The van der Waals surface area contributed by atoms with Crippen LogP contribution in [0.25, 0.3) is 0 Å². The maximum absolute atomic E-state index is 12.5. The van der Waals surface area contributed by atoms with Gasteiger partial charge in [-0.1, -0.05) is 52.9 Å². The maximum Gasteiger partial charge on any atom is 0.305 e. The fourth-order valence-corrected chi connectivity index (χ4v) is 6.25. The summed E-state index contributed by atoms with van der Waals surface area (Å²) < 4.78 is 29.6. The Morgan fingerprint density at radius 2 is 1.83 bits per heavy atom. The van der Waals surface area contributed by atoms with Gasteiger partial charge in [0.15, 0.2) is 9.84 Å². The largest absolute Gasteiger partial charge is 0.512 e. The van der Waals surface area contributed by atoms with Crippen LogP contribution in [0.3, 0.4) is 0 Å². The van der Waals surface area contributed by atoms with Gasteiger partial charge in [0.25, 0.3) is 0 Å². The standard InChI is InChI=1S/C22H40O6S/c1-5-6-14-22(2,3)15-13-17(23)21-18(24)16-29(26,27)19(21)11-9-7-8-10-12-20(25)28-4/h13,18-19,21,23-24H,5-12,14-16H2,1-4H3/b17-13+/t18-,19+,21+/m1/s1. The zero-order valence-corrected chi connectivity index (χ0v) is 19.3. The number of carbonyl (C=O) groups is 1. The van der Waals surface area contributed by atoms with Crippen LogP contribution in [0.5, 0.6) is 0 Å². The van der Waals surface area contributed by atoms with Gasteiger partial charge in [-0.15, -0.1) is 0 Å². The third kappa shape index (κ3) is 8.67. The summed E-state index contributed by atoms with van der Waals surface area (Å²) in [6.45, 7) is 6.42. The lowest BCUT2D eigenvalue weighted by Gasteiger charge is -2.24. The molecule has 0 amide bonds. The second kappa shape index (κ2) is 11.9. The van der Waals surface area contributed by atoms with E-state index in [4.69, 9.17) is 0 Å². The van der Waals surface area contributed by atoms with Crippen molar-refractivity contribution in [2.24, 2.45) is 11.3 Å². The molecule has 0 aliphatic carbocycles. The number of esters is 1. The molecule has 0 unspecified atom stereocenters. The molecule has 3 atom stereocenters. The van der Waals surface area contributed by atoms with Crippen molar-refractivity contribution < 1.29 is 28.2 Å². The Morgan fingerprint density at radius 3 is 2.45 bits per heavy atom. The summed E-state index contributed by atoms with van der Waals surface area (Å²) in [4.78, 5) is 11.1. The summed E-state index contributed by atoms with van der Waals surface area (Å²) in [5.41, 5.74) is 0.0293. The van der Waals surface area contributed by atoms with Gasteiger partial charge >= 0.3 is 5.97 Å². The van der Waals surface area contributed by atoms with E-state index >= 15 is 0 Å². The first-order chi connectivity index (χ1) is 13.5. The first kappa shape index (κ1) is 26.0. The van der Waals surface area contributed by atoms with Gasteiger partial charge in [0.1, 0.15) is 0 Å².